The van der Waals surface area contributed by atoms with Gasteiger partial charge in [-0.25, -0.2) is 4.79 Å². The Morgan fingerprint density at radius 1 is 1.50 bits per heavy atom. The number of nitrogens with zero attached hydrogens (tertiary/aromatic N) is 1. The fourth-order valence-electron chi connectivity index (χ4n) is 1.58. The van der Waals surface area contributed by atoms with Gasteiger partial charge in [0.1, 0.15) is 0 Å². The van der Waals surface area contributed by atoms with Gasteiger partial charge in [-0.3, -0.25) is 4.79 Å². The lowest BCUT2D eigenvalue weighted by molar-refractivity contribution is -0.136. The number of hydrogen-bond donors (Lipinski definition) is 2. The van der Waals surface area contributed by atoms with E-state index < -0.39 is 5.97 Å². The van der Waals surface area contributed by atoms with Gasteiger partial charge >= 0.3 is 12.0 Å². The first-order chi connectivity index (χ1) is 7.41. The van der Waals surface area contributed by atoms with E-state index in [1.54, 1.807) is 4.90 Å². The van der Waals surface area contributed by atoms with Crippen LogP contribution in [0.5, 0.6) is 0 Å². The van der Waals surface area contributed by atoms with E-state index in [0.29, 0.717) is 6.54 Å². The van der Waals surface area contributed by atoms with Gasteiger partial charge < -0.3 is 15.3 Å². The zero-order chi connectivity index (χ0) is 12.2. The van der Waals surface area contributed by atoms with Gasteiger partial charge in [-0.2, -0.15) is 11.8 Å². The molecule has 1 fully saturated rings. The number of carboxylic acids is 1. The van der Waals surface area contributed by atoms with E-state index >= 15 is 0 Å². The van der Waals surface area contributed by atoms with E-state index in [-0.39, 0.29) is 23.7 Å². The molecule has 1 aliphatic heterocycles. The molecule has 0 aromatic heterocycles. The Morgan fingerprint density at radius 2 is 2.19 bits per heavy atom. The molecule has 1 aliphatic rings. The van der Waals surface area contributed by atoms with E-state index in [4.69, 9.17) is 5.11 Å². The second-order valence-corrected chi connectivity index (χ2v) is 6.21. The largest absolute Gasteiger partial charge is 0.481 e. The van der Waals surface area contributed by atoms with Crippen LogP contribution in [0.2, 0.25) is 0 Å². The molecule has 0 aromatic carbocycles. The highest BCUT2D eigenvalue weighted by molar-refractivity contribution is 8.00. The maximum Gasteiger partial charge on any atom is 0.317 e. The summed E-state index contributed by atoms with van der Waals surface area (Å²) in [6, 6.07) is -0.158. The van der Waals surface area contributed by atoms with E-state index in [2.05, 4.69) is 19.2 Å². The zero-order valence-electron chi connectivity index (χ0n) is 9.65. The van der Waals surface area contributed by atoms with Gasteiger partial charge in [0.15, 0.2) is 0 Å². The average Bonchev–Trinajstić information content (AvgIpc) is 2.15. The van der Waals surface area contributed by atoms with Crippen LogP contribution in [0.4, 0.5) is 4.79 Å². The molecule has 2 amide bonds. The highest BCUT2D eigenvalue weighted by Crippen LogP contribution is 2.29. The first kappa shape index (κ1) is 13.2. The lowest BCUT2D eigenvalue weighted by Crippen LogP contribution is -2.50. The third kappa shape index (κ3) is 4.30. The maximum absolute atomic E-state index is 11.7. The molecule has 0 saturated carbocycles. The average molecular weight is 246 g/mol. The number of nitrogens with one attached hydrogen (secondary N) is 1. The molecule has 5 nitrogen and oxygen atoms in total. The lowest BCUT2D eigenvalue weighted by Gasteiger charge is -2.37. The summed E-state index contributed by atoms with van der Waals surface area (Å²) in [5.41, 5.74) is 0. The van der Waals surface area contributed by atoms with Crippen LogP contribution >= 0.6 is 11.8 Å². The number of carboxylic acid groups (broad SMARTS) is 1. The minimum absolute atomic E-state index is 0.0300. The SMILES string of the molecule is CC1(C)CN(C(=O)NCCC(=O)O)CCS1. The van der Waals surface area contributed by atoms with Crippen LogP contribution in [0.3, 0.4) is 0 Å². The standard InChI is InChI=1S/C10H18N2O3S/c1-10(2)7-12(5-6-16-10)9(15)11-4-3-8(13)14/h3-7H2,1-2H3,(H,11,15)(H,13,14). The molecule has 92 valence electrons. The van der Waals surface area contributed by atoms with Crippen molar-refractivity contribution in [3.05, 3.63) is 0 Å². The molecule has 0 atom stereocenters. The Labute approximate surface area is 99.6 Å². The van der Waals surface area contributed by atoms with E-state index in [1.165, 1.54) is 0 Å². The predicted molar refractivity (Wildman–Crippen MR) is 63.8 cm³/mol. The number of carbonyl (C=O) groups excluding carboxylic acids is 1. The molecular weight excluding hydrogens is 228 g/mol. The van der Waals surface area contributed by atoms with Crippen molar-refractivity contribution < 1.29 is 14.7 Å². The normalized spacial score (nSPS) is 19.2. The molecular formula is C10H18N2O3S. The molecule has 0 spiro atoms. The summed E-state index contributed by atoms with van der Waals surface area (Å²) in [5, 5.41) is 11.1. The van der Waals surface area contributed by atoms with E-state index in [9.17, 15) is 9.59 Å². The Kier molecular flexibility index (Phi) is 4.46. The Hall–Kier alpha value is -0.910. The first-order valence-electron chi connectivity index (χ1n) is 5.29. The maximum atomic E-state index is 11.7. The monoisotopic (exact) mass is 246 g/mol. The summed E-state index contributed by atoms with van der Waals surface area (Å²) < 4.78 is 0.0857. The lowest BCUT2D eigenvalue weighted by atomic mass is 10.2. The van der Waals surface area contributed by atoms with Crippen LogP contribution in [0, 0.1) is 0 Å². The molecule has 1 saturated heterocycles. The van der Waals surface area contributed by atoms with Crippen molar-refractivity contribution in [2.45, 2.75) is 25.0 Å². The predicted octanol–water partition coefficient (Wildman–Crippen LogP) is 0.998. The quantitative estimate of drug-likeness (QED) is 0.779. The summed E-state index contributed by atoms with van der Waals surface area (Å²) in [4.78, 5) is 23.7. The number of hydrogen-bond acceptors (Lipinski definition) is 3. The number of urea groups is 1. The number of amides is 2. The van der Waals surface area contributed by atoms with Crippen molar-refractivity contribution in [2.75, 3.05) is 25.4 Å². The molecule has 16 heavy (non-hydrogen) atoms. The molecule has 0 bridgehead atoms. The zero-order valence-corrected chi connectivity index (χ0v) is 10.5. The van der Waals surface area contributed by atoms with Crippen LogP contribution in [-0.4, -0.2) is 52.1 Å². The highest BCUT2D eigenvalue weighted by atomic mass is 32.2. The van der Waals surface area contributed by atoms with Crippen molar-refractivity contribution in [1.82, 2.24) is 10.2 Å². The molecule has 6 heteroatoms. The van der Waals surface area contributed by atoms with Gasteiger partial charge in [-0.1, -0.05) is 0 Å². The van der Waals surface area contributed by atoms with Crippen molar-refractivity contribution in [2.24, 2.45) is 0 Å². The summed E-state index contributed by atoms with van der Waals surface area (Å²) in [5.74, 6) is 0.0362. The van der Waals surface area contributed by atoms with Crippen molar-refractivity contribution >= 4 is 23.8 Å². The Morgan fingerprint density at radius 3 is 2.75 bits per heavy atom. The second-order valence-electron chi connectivity index (χ2n) is 4.41. The van der Waals surface area contributed by atoms with Gasteiger partial charge in [0.05, 0.1) is 6.42 Å². The van der Waals surface area contributed by atoms with Crippen molar-refractivity contribution in [1.29, 1.82) is 0 Å². The number of carbonyl (C=O) groups is 2. The molecule has 2 N–H and O–H groups in total. The van der Waals surface area contributed by atoms with E-state index in [0.717, 1.165) is 12.3 Å². The fraction of sp³-hybridized carbons (Fsp3) is 0.800. The van der Waals surface area contributed by atoms with Crippen LogP contribution in [0.25, 0.3) is 0 Å². The second kappa shape index (κ2) is 5.43. The summed E-state index contributed by atoms with van der Waals surface area (Å²) >= 11 is 1.85. The summed E-state index contributed by atoms with van der Waals surface area (Å²) in [6.45, 7) is 5.84. The fourth-order valence-corrected chi connectivity index (χ4v) is 2.69. The molecule has 0 radical (unpaired) electrons. The van der Waals surface area contributed by atoms with Gasteiger partial charge in [0, 0.05) is 30.1 Å². The Balaban J connectivity index is 2.33. The number of thioether (sulfide) groups is 1. The number of rotatable bonds is 3. The van der Waals surface area contributed by atoms with Gasteiger partial charge in [0.2, 0.25) is 0 Å². The molecule has 1 rings (SSSR count). The van der Waals surface area contributed by atoms with Gasteiger partial charge in [-0.05, 0) is 13.8 Å². The first-order valence-corrected chi connectivity index (χ1v) is 6.28. The molecule has 0 unspecified atom stereocenters. The van der Waals surface area contributed by atoms with Crippen molar-refractivity contribution in [3.63, 3.8) is 0 Å². The van der Waals surface area contributed by atoms with Crippen molar-refractivity contribution in [3.8, 4) is 0 Å². The van der Waals surface area contributed by atoms with Crippen LogP contribution < -0.4 is 5.32 Å². The molecule has 0 aliphatic carbocycles. The van der Waals surface area contributed by atoms with Crippen LogP contribution in [0.15, 0.2) is 0 Å². The third-order valence-corrected chi connectivity index (χ3v) is 3.63. The smallest absolute Gasteiger partial charge is 0.317 e. The van der Waals surface area contributed by atoms with Crippen LogP contribution in [-0.2, 0) is 4.79 Å². The summed E-state index contributed by atoms with van der Waals surface area (Å²) in [6.07, 6.45) is -0.0300. The minimum atomic E-state index is -0.894. The topological polar surface area (TPSA) is 69.6 Å². The summed E-state index contributed by atoms with van der Waals surface area (Å²) in [7, 11) is 0. The van der Waals surface area contributed by atoms with Gasteiger partial charge in [-0.15, -0.1) is 0 Å². The third-order valence-electron chi connectivity index (χ3n) is 2.33. The Bertz CT molecular complexity index is 281. The molecule has 0 aromatic rings. The highest BCUT2D eigenvalue weighted by Gasteiger charge is 2.29. The van der Waals surface area contributed by atoms with E-state index in [1.807, 2.05) is 11.8 Å². The van der Waals surface area contributed by atoms with Gasteiger partial charge in [0.25, 0.3) is 0 Å². The minimum Gasteiger partial charge on any atom is -0.481 e. The number of aliphatic carboxylic acids is 1. The van der Waals surface area contributed by atoms with Crippen LogP contribution in [0.1, 0.15) is 20.3 Å². The molecule has 1 heterocycles.